The second-order valence-corrected chi connectivity index (χ2v) is 16.9. The average Bonchev–Trinajstić information content (AvgIpc) is 3.25. The van der Waals surface area contributed by atoms with E-state index in [0.717, 1.165) is 11.5 Å². The van der Waals surface area contributed by atoms with Gasteiger partial charge in [0.1, 0.15) is 11.5 Å². The van der Waals surface area contributed by atoms with Gasteiger partial charge in [-0.25, -0.2) is 0 Å². The molecular weight excluding hydrogens is 406 g/mol. The summed E-state index contributed by atoms with van der Waals surface area (Å²) in [6.07, 6.45) is 2.37. The van der Waals surface area contributed by atoms with E-state index in [9.17, 15) is 0 Å². The Labute approximate surface area is 185 Å². The van der Waals surface area contributed by atoms with Crippen LogP contribution in [0.25, 0.3) is 0 Å². The summed E-state index contributed by atoms with van der Waals surface area (Å²) in [5, 5.41) is 3.55. The van der Waals surface area contributed by atoms with E-state index < -0.39 is 0 Å². The monoisotopic (exact) mass is 442 g/mol. The molecule has 0 bridgehead atoms. The summed E-state index contributed by atoms with van der Waals surface area (Å²) >= 11 is 0. The lowest BCUT2D eigenvalue weighted by Crippen LogP contribution is -2.34. The SMILES string of the molecule is COc1cccc2c1[P@@](C(C)(C)C)C(C1Cc3cccc(OC)c3[P@@]1C(C)(C)C)C2. The van der Waals surface area contributed by atoms with Crippen LogP contribution in [-0.4, -0.2) is 35.8 Å². The van der Waals surface area contributed by atoms with Gasteiger partial charge in [0.15, 0.2) is 0 Å². The predicted molar refractivity (Wildman–Crippen MR) is 134 cm³/mol. The number of hydrogen-bond donors (Lipinski definition) is 0. The molecule has 4 heteroatoms. The van der Waals surface area contributed by atoms with Crippen molar-refractivity contribution in [1.82, 2.24) is 0 Å². The summed E-state index contributed by atoms with van der Waals surface area (Å²) in [7, 11) is 2.98. The molecule has 30 heavy (non-hydrogen) atoms. The molecule has 0 amide bonds. The minimum atomic E-state index is -0.343. The summed E-state index contributed by atoms with van der Waals surface area (Å²) in [5.41, 5.74) is 4.42. The number of fused-ring (bicyclic) bond motifs is 2. The van der Waals surface area contributed by atoms with Crippen LogP contribution in [-0.2, 0) is 12.8 Å². The van der Waals surface area contributed by atoms with Crippen LogP contribution in [0.15, 0.2) is 36.4 Å². The van der Waals surface area contributed by atoms with Gasteiger partial charge in [-0.3, -0.25) is 0 Å². The van der Waals surface area contributed by atoms with Crippen molar-refractivity contribution < 1.29 is 9.47 Å². The first-order valence-corrected chi connectivity index (χ1v) is 13.8. The highest BCUT2D eigenvalue weighted by molar-refractivity contribution is 7.72. The fourth-order valence-corrected chi connectivity index (χ4v) is 13.8. The Balaban J connectivity index is 1.85. The van der Waals surface area contributed by atoms with Crippen molar-refractivity contribution in [2.75, 3.05) is 14.2 Å². The van der Waals surface area contributed by atoms with Gasteiger partial charge >= 0.3 is 0 Å². The fourth-order valence-electron chi connectivity index (χ4n) is 5.59. The second-order valence-electron chi connectivity index (χ2n) is 10.6. The van der Waals surface area contributed by atoms with E-state index in [1.54, 1.807) is 0 Å². The maximum atomic E-state index is 5.89. The first-order valence-electron chi connectivity index (χ1n) is 11.0. The molecule has 4 rings (SSSR count). The standard InChI is InChI=1S/C26H36O2P2/c1-25(2,3)29-21(15-17-11-9-13-19(27-7)23(17)29)22-16-18-12-10-14-20(28-8)24(18)30(22)26(4,5)6/h9-14,21-22H,15-16H2,1-8H3/t21?,22?,29-,30-/m0/s1. The van der Waals surface area contributed by atoms with E-state index in [4.69, 9.17) is 9.47 Å². The van der Waals surface area contributed by atoms with E-state index in [1.165, 1.54) is 34.6 Å². The van der Waals surface area contributed by atoms with Gasteiger partial charge in [-0.2, -0.15) is 0 Å². The minimum absolute atomic E-state index is 0.248. The lowest BCUT2D eigenvalue weighted by molar-refractivity contribution is 0.418. The largest absolute Gasteiger partial charge is 0.496 e. The van der Waals surface area contributed by atoms with Crippen LogP contribution in [0, 0.1) is 0 Å². The lowest BCUT2D eigenvalue weighted by Gasteiger charge is -2.42. The average molecular weight is 443 g/mol. The van der Waals surface area contributed by atoms with Crippen LogP contribution in [0.5, 0.6) is 11.5 Å². The van der Waals surface area contributed by atoms with Crippen LogP contribution in [0.3, 0.4) is 0 Å². The molecule has 2 aliphatic rings. The fraction of sp³-hybridized carbons (Fsp3) is 0.538. The van der Waals surface area contributed by atoms with Gasteiger partial charge in [-0.05, 0) is 57.7 Å². The van der Waals surface area contributed by atoms with Crippen molar-refractivity contribution >= 4 is 26.5 Å². The predicted octanol–water partition coefficient (Wildman–Crippen LogP) is 6.06. The summed E-state index contributed by atoms with van der Waals surface area (Å²) in [6.45, 7) is 14.6. The molecule has 0 radical (unpaired) electrons. The smallest absolute Gasteiger partial charge is 0.126 e. The van der Waals surface area contributed by atoms with Gasteiger partial charge < -0.3 is 9.47 Å². The van der Waals surface area contributed by atoms with Gasteiger partial charge in [-0.15, -0.1) is 0 Å². The molecule has 162 valence electrons. The molecule has 2 unspecified atom stereocenters. The topological polar surface area (TPSA) is 18.5 Å². The molecule has 0 spiro atoms. The van der Waals surface area contributed by atoms with Crippen molar-refractivity contribution in [3.8, 4) is 11.5 Å². The molecule has 0 N–H and O–H groups in total. The number of hydrogen-bond acceptors (Lipinski definition) is 2. The zero-order valence-corrected chi connectivity index (χ0v) is 21.5. The molecule has 2 aromatic carbocycles. The quantitative estimate of drug-likeness (QED) is 0.538. The van der Waals surface area contributed by atoms with E-state index in [0.29, 0.717) is 11.3 Å². The Morgan fingerprint density at radius 2 is 1.03 bits per heavy atom. The van der Waals surface area contributed by atoms with Crippen LogP contribution >= 0.6 is 15.8 Å². The number of ether oxygens (including phenoxy) is 2. The number of rotatable bonds is 3. The van der Waals surface area contributed by atoms with Gasteiger partial charge in [0.05, 0.1) is 14.2 Å². The van der Waals surface area contributed by atoms with Gasteiger partial charge in [0.2, 0.25) is 0 Å². The van der Waals surface area contributed by atoms with Gasteiger partial charge in [-0.1, -0.05) is 81.7 Å². The van der Waals surface area contributed by atoms with Crippen molar-refractivity contribution in [2.45, 2.75) is 76.0 Å². The molecule has 0 aromatic heterocycles. The highest BCUT2D eigenvalue weighted by Gasteiger charge is 2.51. The Bertz CT molecular complexity index is 862. The lowest BCUT2D eigenvalue weighted by atomic mass is 10.0. The Hall–Kier alpha value is -1.10. The van der Waals surface area contributed by atoms with Crippen LogP contribution < -0.4 is 20.1 Å². The third kappa shape index (κ3) is 3.59. The Morgan fingerprint density at radius 1 is 0.667 bits per heavy atom. The highest BCUT2D eigenvalue weighted by atomic mass is 31.1. The molecule has 0 fully saturated rings. The summed E-state index contributed by atoms with van der Waals surface area (Å²) in [6, 6.07) is 13.4. The first kappa shape index (κ1) is 22.1. The van der Waals surface area contributed by atoms with Crippen molar-refractivity contribution in [3.05, 3.63) is 47.5 Å². The van der Waals surface area contributed by atoms with E-state index in [2.05, 4.69) is 77.9 Å². The molecule has 2 heterocycles. The first-order chi connectivity index (χ1) is 14.1. The number of methoxy groups -OCH3 is 2. The molecule has 0 aliphatic carbocycles. The molecule has 4 atom stereocenters. The molecule has 2 aliphatic heterocycles. The maximum Gasteiger partial charge on any atom is 0.126 e. The number of benzene rings is 2. The van der Waals surface area contributed by atoms with Crippen LogP contribution in [0.4, 0.5) is 0 Å². The van der Waals surface area contributed by atoms with E-state index in [-0.39, 0.29) is 26.2 Å². The van der Waals surface area contributed by atoms with E-state index in [1.807, 2.05) is 14.2 Å². The molecule has 2 aromatic rings. The molecule has 0 saturated carbocycles. The van der Waals surface area contributed by atoms with Crippen molar-refractivity contribution in [2.24, 2.45) is 0 Å². The molecular formula is C26H36O2P2. The van der Waals surface area contributed by atoms with Crippen LogP contribution in [0.2, 0.25) is 0 Å². The summed E-state index contributed by atoms with van der Waals surface area (Å²) in [5.74, 6) is 2.20. The molecule has 2 nitrogen and oxygen atoms in total. The van der Waals surface area contributed by atoms with E-state index >= 15 is 0 Å². The third-order valence-electron chi connectivity index (χ3n) is 6.50. The maximum absolute atomic E-state index is 5.89. The van der Waals surface area contributed by atoms with Crippen LogP contribution in [0.1, 0.15) is 52.7 Å². The Kier molecular flexibility index (Phi) is 5.74. The van der Waals surface area contributed by atoms with Crippen molar-refractivity contribution in [3.63, 3.8) is 0 Å². The zero-order valence-electron chi connectivity index (χ0n) is 19.7. The third-order valence-corrected chi connectivity index (χ3v) is 14.0. The van der Waals surface area contributed by atoms with Gasteiger partial charge in [0, 0.05) is 10.6 Å². The van der Waals surface area contributed by atoms with Crippen molar-refractivity contribution in [1.29, 1.82) is 0 Å². The summed E-state index contributed by atoms with van der Waals surface area (Å²) in [4.78, 5) is 0. The van der Waals surface area contributed by atoms with Gasteiger partial charge in [0.25, 0.3) is 0 Å². The minimum Gasteiger partial charge on any atom is -0.496 e. The zero-order chi connectivity index (χ0) is 21.8. The Morgan fingerprint density at radius 3 is 1.33 bits per heavy atom. The molecule has 0 saturated heterocycles. The normalized spacial score (nSPS) is 25.7. The highest BCUT2D eigenvalue weighted by Crippen LogP contribution is 2.69. The second kappa shape index (κ2) is 7.79. The summed E-state index contributed by atoms with van der Waals surface area (Å²) < 4.78 is 11.8.